The van der Waals surface area contributed by atoms with Gasteiger partial charge in [-0.15, -0.1) is 0 Å². The summed E-state index contributed by atoms with van der Waals surface area (Å²) in [6.45, 7) is 1.02. The highest BCUT2D eigenvalue weighted by Crippen LogP contribution is 2.23. The van der Waals surface area contributed by atoms with Crippen molar-refractivity contribution in [2.45, 2.75) is 4.83 Å². The van der Waals surface area contributed by atoms with Crippen LogP contribution in [0.4, 0.5) is 0 Å². The number of rotatable bonds is 5. The van der Waals surface area contributed by atoms with E-state index in [2.05, 4.69) is 31.9 Å². The van der Waals surface area contributed by atoms with Gasteiger partial charge in [0.1, 0.15) is 5.75 Å². The fraction of sp³-hybridized carbons (Fsp3) is 0.417. The molecule has 0 aliphatic heterocycles. The Labute approximate surface area is 123 Å². The molecule has 1 aromatic carbocycles. The number of hydrogen-bond donors (Lipinski definition) is 1. The van der Waals surface area contributed by atoms with Crippen molar-refractivity contribution in [1.29, 1.82) is 0 Å². The molecule has 18 heavy (non-hydrogen) atoms. The van der Waals surface area contributed by atoms with Gasteiger partial charge in [-0.3, -0.25) is 4.79 Å². The van der Waals surface area contributed by atoms with Gasteiger partial charge in [-0.05, 0) is 18.2 Å². The molecule has 0 aromatic heterocycles. The number of carbonyl (C=O) groups excluding carboxylic acids is 1. The SMILES string of the molecule is COCC(Br)CN(C)C(=O)c1ccc(Br)cc1O. The molecule has 1 rings (SSSR count). The monoisotopic (exact) mass is 379 g/mol. The predicted octanol–water partition coefficient (Wildman–Crippen LogP) is 2.64. The molecule has 1 atom stereocenters. The molecular weight excluding hydrogens is 366 g/mol. The van der Waals surface area contributed by atoms with Crippen LogP contribution in [0.25, 0.3) is 0 Å². The number of alkyl halides is 1. The molecule has 6 heteroatoms. The van der Waals surface area contributed by atoms with Crippen molar-refractivity contribution in [3.8, 4) is 5.75 Å². The highest BCUT2D eigenvalue weighted by Gasteiger charge is 2.18. The van der Waals surface area contributed by atoms with Crippen LogP contribution in [0.1, 0.15) is 10.4 Å². The second-order valence-electron chi connectivity index (χ2n) is 3.90. The van der Waals surface area contributed by atoms with E-state index >= 15 is 0 Å². The second kappa shape index (κ2) is 7.11. The van der Waals surface area contributed by atoms with Gasteiger partial charge in [0.25, 0.3) is 5.91 Å². The normalized spacial score (nSPS) is 12.2. The van der Waals surface area contributed by atoms with Crippen molar-refractivity contribution in [3.05, 3.63) is 28.2 Å². The lowest BCUT2D eigenvalue weighted by molar-refractivity contribution is 0.0781. The number of ether oxygens (including phenoxy) is 1. The number of benzene rings is 1. The highest BCUT2D eigenvalue weighted by atomic mass is 79.9. The molecule has 1 aromatic rings. The van der Waals surface area contributed by atoms with Gasteiger partial charge >= 0.3 is 0 Å². The number of phenols is 1. The number of nitrogens with zero attached hydrogens (tertiary/aromatic N) is 1. The largest absolute Gasteiger partial charge is 0.507 e. The van der Waals surface area contributed by atoms with Crippen molar-refractivity contribution in [2.24, 2.45) is 0 Å². The van der Waals surface area contributed by atoms with E-state index in [1.54, 1.807) is 31.2 Å². The van der Waals surface area contributed by atoms with E-state index in [1.807, 2.05) is 0 Å². The molecule has 0 heterocycles. The fourth-order valence-electron chi connectivity index (χ4n) is 1.50. The van der Waals surface area contributed by atoms with Gasteiger partial charge in [0, 0.05) is 25.2 Å². The second-order valence-corrected chi connectivity index (χ2v) is 6.11. The highest BCUT2D eigenvalue weighted by molar-refractivity contribution is 9.10. The van der Waals surface area contributed by atoms with Crippen molar-refractivity contribution in [2.75, 3.05) is 27.3 Å². The number of hydrogen-bond acceptors (Lipinski definition) is 3. The van der Waals surface area contributed by atoms with Crippen molar-refractivity contribution >= 4 is 37.8 Å². The minimum absolute atomic E-state index is 0.0286. The smallest absolute Gasteiger partial charge is 0.257 e. The minimum Gasteiger partial charge on any atom is -0.507 e. The Hall–Kier alpha value is -0.590. The summed E-state index contributed by atoms with van der Waals surface area (Å²) in [5.74, 6) is -0.250. The van der Waals surface area contributed by atoms with Gasteiger partial charge in [-0.2, -0.15) is 0 Å². The van der Waals surface area contributed by atoms with Crippen LogP contribution in [0.15, 0.2) is 22.7 Å². The summed E-state index contributed by atoms with van der Waals surface area (Å²) < 4.78 is 5.72. The third kappa shape index (κ3) is 4.26. The lowest BCUT2D eigenvalue weighted by Gasteiger charge is -2.20. The first-order valence-electron chi connectivity index (χ1n) is 5.32. The number of amides is 1. The summed E-state index contributed by atoms with van der Waals surface area (Å²) in [5, 5.41) is 9.73. The average Bonchev–Trinajstić information content (AvgIpc) is 2.28. The zero-order chi connectivity index (χ0) is 13.7. The van der Waals surface area contributed by atoms with Gasteiger partial charge in [0.2, 0.25) is 0 Å². The van der Waals surface area contributed by atoms with Crippen LogP contribution >= 0.6 is 31.9 Å². The molecule has 1 unspecified atom stereocenters. The van der Waals surface area contributed by atoms with Crippen LogP contribution in [-0.2, 0) is 4.74 Å². The van der Waals surface area contributed by atoms with Crippen LogP contribution in [-0.4, -0.2) is 48.0 Å². The van der Waals surface area contributed by atoms with E-state index in [-0.39, 0.29) is 22.0 Å². The van der Waals surface area contributed by atoms with Gasteiger partial charge in [-0.1, -0.05) is 31.9 Å². The van der Waals surface area contributed by atoms with E-state index in [9.17, 15) is 9.90 Å². The Bertz CT molecular complexity index is 426. The number of methoxy groups -OCH3 is 1. The summed E-state index contributed by atoms with van der Waals surface area (Å²) in [5.41, 5.74) is 0.290. The molecule has 0 saturated carbocycles. The molecular formula is C12H15Br2NO3. The average molecular weight is 381 g/mol. The Morgan fingerprint density at radius 3 is 2.78 bits per heavy atom. The maximum Gasteiger partial charge on any atom is 0.257 e. The summed E-state index contributed by atoms with van der Waals surface area (Å²) in [6, 6.07) is 4.82. The first-order valence-corrected chi connectivity index (χ1v) is 7.03. The topological polar surface area (TPSA) is 49.8 Å². The zero-order valence-electron chi connectivity index (χ0n) is 10.2. The number of aromatic hydroxyl groups is 1. The summed E-state index contributed by atoms with van der Waals surface area (Å²) in [7, 11) is 3.30. The van der Waals surface area contributed by atoms with Crippen molar-refractivity contribution < 1.29 is 14.6 Å². The number of halogens is 2. The third-order valence-electron chi connectivity index (χ3n) is 2.36. The molecule has 0 aliphatic rings. The molecule has 0 aliphatic carbocycles. The predicted molar refractivity (Wildman–Crippen MR) is 77.4 cm³/mol. The summed E-state index contributed by atoms with van der Waals surface area (Å²) >= 11 is 6.66. The van der Waals surface area contributed by atoms with Gasteiger partial charge in [0.05, 0.1) is 17.0 Å². The summed E-state index contributed by atoms with van der Waals surface area (Å²) in [4.78, 5) is 13.7. The Balaban J connectivity index is 2.74. The van der Waals surface area contributed by atoms with E-state index in [0.717, 1.165) is 4.47 Å². The van der Waals surface area contributed by atoms with E-state index < -0.39 is 0 Å². The van der Waals surface area contributed by atoms with Crippen molar-refractivity contribution in [1.82, 2.24) is 4.90 Å². The minimum atomic E-state index is -0.222. The van der Waals surface area contributed by atoms with Crippen LogP contribution in [0, 0.1) is 0 Å². The quantitative estimate of drug-likeness (QED) is 0.799. The third-order valence-corrected chi connectivity index (χ3v) is 3.40. The van der Waals surface area contributed by atoms with Crippen molar-refractivity contribution in [3.63, 3.8) is 0 Å². The molecule has 0 saturated heterocycles. The van der Waals surface area contributed by atoms with Gasteiger partial charge < -0.3 is 14.7 Å². The van der Waals surface area contributed by atoms with Gasteiger partial charge in [0.15, 0.2) is 0 Å². The fourth-order valence-corrected chi connectivity index (χ4v) is 2.55. The van der Waals surface area contributed by atoms with E-state index in [4.69, 9.17) is 4.74 Å². The first-order chi connectivity index (χ1) is 8.45. The standard InChI is InChI=1S/C12H15Br2NO3/c1-15(6-9(14)7-18-2)12(17)10-4-3-8(13)5-11(10)16/h3-5,9,16H,6-7H2,1-2H3. The van der Waals surface area contributed by atoms with Crippen LogP contribution in [0.3, 0.4) is 0 Å². The van der Waals surface area contributed by atoms with Gasteiger partial charge in [-0.25, -0.2) is 0 Å². The van der Waals surface area contributed by atoms with E-state index in [1.165, 1.54) is 6.07 Å². The molecule has 1 amide bonds. The van der Waals surface area contributed by atoms with E-state index in [0.29, 0.717) is 13.2 Å². The molecule has 0 bridgehead atoms. The molecule has 100 valence electrons. The zero-order valence-corrected chi connectivity index (χ0v) is 13.4. The van der Waals surface area contributed by atoms with Crippen LogP contribution in [0.2, 0.25) is 0 Å². The maximum atomic E-state index is 12.1. The molecule has 4 nitrogen and oxygen atoms in total. The lowest BCUT2D eigenvalue weighted by Crippen LogP contribution is -2.33. The number of phenolic OH excluding ortho intramolecular Hbond substituents is 1. The molecule has 0 fully saturated rings. The van der Waals surface area contributed by atoms with Crippen LogP contribution in [0.5, 0.6) is 5.75 Å². The Morgan fingerprint density at radius 2 is 2.22 bits per heavy atom. The lowest BCUT2D eigenvalue weighted by atomic mass is 10.2. The number of carbonyl (C=O) groups is 1. The maximum absolute atomic E-state index is 12.1. The molecule has 0 radical (unpaired) electrons. The summed E-state index contributed by atoms with van der Waals surface area (Å²) in [6.07, 6.45) is 0. The molecule has 0 spiro atoms. The van der Waals surface area contributed by atoms with Crippen LogP contribution < -0.4 is 0 Å². The first kappa shape index (κ1) is 15.5. The molecule has 1 N–H and O–H groups in total. The Morgan fingerprint density at radius 1 is 1.56 bits per heavy atom. The Kier molecular flexibility index (Phi) is 6.11.